The van der Waals surface area contributed by atoms with Crippen LogP contribution in [0.15, 0.2) is 71.4 Å². The summed E-state index contributed by atoms with van der Waals surface area (Å²) < 4.78 is 18.1. The number of carbonyl (C=O) groups is 1. The van der Waals surface area contributed by atoms with Crippen LogP contribution in [0.5, 0.6) is 5.88 Å². The van der Waals surface area contributed by atoms with Crippen molar-refractivity contribution in [2.24, 2.45) is 0 Å². The minimum atomic E-state index is -0.963. The van der Waals surface area contributed by atoms with Crippen LogP contribution in [-0.2, 0) is 9.53 Å². The minimum absolute atomic E-state index is 0.130. The first-order chi connectivity index (χ1) is 16.2. The molecule has 5 rings (SSSR count). The lowest BCUT2D eigenvalue weighted by atomic mass is 9.94. The number of nitrogens with zero attached hydrogens (tertiary/aromatic N) is 2. The smallest absolute Gasteiger partial charge is 0.329 e. The predicted octanol–water partition coefficient (Wildman–Crippen LogP) is 5.35. The summed E-state index contributed by atoms with van der Waals surface area (Å²) in [5.41, 5.74) is 3.29. The van der Waals surface area contributed by atoms with Crippen molar-refractivity contribution in [3.8, 4) is 28.3 Å². The molecule has 33 heavy (non-hydrogen) atoms. The summed E-state index contributed by atoms with van der Waals surface area (Å²) in [5.74, 6) is 0.219. The fourth-order valence-corrected chi connectivity index (χ4v) is 4.38. The van der Waals surface area contributed by atoms with Gasteiger partial charge in [0.15, 0.2) is 0 Å². The summed E-state index contributed by atoms with van der Waals surface area (Å²) >= 11 is 0. The van der Waals surface area contributed by atoms with Gasteiger partial charge >= 0.3 is 5.97 Å². The average Bonchev–Trinajstić information content (AvgIpc) is 3.25. The molecule has 1 aliphatic carbocycles. The van der Waals surface area contributed by atoms with Gasteiger partial charge in [-0.2, -0.15) is 0 Å². The first-order valence-corrected chi connectivity index (χ1v) is 11.1. The van der Waals surface area contributed by atoms with Crippen LogP contribution in [0, 0.1) is 0 Å². The number of aliphatic carboxylic acids is 1. The van der Waals surface area contributed by atoms with Crippen molar-refractivity contribution in [3.05, 3.63) is 67.0 Å². The monoisotopic (exact) mass is 444 g/mol. The number of carboxylic acids is 1. The molecule has 0 spiro atoms. The van der Waals surface area contributed by atoms with Gasteiger partial charge in [0.05, 0.1) is 6.10 Å². The lowest BCUT2D eigenvalue weighted by molar-refractivity contribution is -0.145. The van der Waals surface area contributed by atoms with Crippen LogP contribution >= 0.6 is 0 Å². The first kappa shape index (κ1) is 21.2. The van der Waals surface area contributed by atoms with E-state index in [-0.39, 0.29) is 18.8 Å². The third-order valence-electron chi connectivity index (χ3n) is 5.85. The first-order valence-electron chi connectivity index (χ1n) is 11.1. The van der Waals surface area contributed by atoms with E-state index in [0.717, 1.165) is 41.3 Å². The van der Waals surface area contributed by atoms with Crippen molar-refractivity contribution < 1.29 is 23.8 Å². The summed E-state index contributed by atoms with van der Waals surface area (Å²) in [4.78, 5) is 19.7. The maximum absolute atomic E-state index is 10.9. The molecule has 0 aliphatic heterocycles. The Balaban J connectivity index is 1.54. The quantitative estimate of drug-likeness (QED) is 0.411. The molecular formula is C26H24N2O5. The molecule has 7 nitrogen and oxygen atoms in total. The zero-order chi connectivity index (χ0) is 22.6. The van der Waals surface area contributed by atoms with Gasteiger partial charge in [-0.25, -0.2) is 14.8 Å². The van der Waals surface area contributed by atoms with Crippen molar-refractivity contribution in [3.63, 3.8) is 0 Å². The highest BCUT2D eigenvalue weighted by Gasteiger charge is 2.28. The molecule has 2 atom stereocenters. The van der Waals surface area contributed by atoms with Gasteiger partial charge in [0, 0.05) is 17.5 Å². The van der Waals surface area contributed by atoms with Crippen LogP contribution in [0.1, 0.15) is 25.7 Å². The Kier molecular flexibility index (Phi) is 6.04. The Hall–Kier alpha value is -3.71. The molecule has 1 saturated carbocycles. The van der Waals surface area contributed by atoms with E-state index in [0.29, 0.717) is 23.8 Å². The normalized spacial score (nSPS) is 18.3. The van der Waals surface area contributed by atoms with E-state index >= 15 is 0 Å². The van der Waals surface area contributed by atoms with Crippen molar-refractivity contribution in [1.82, 2.24) is 9.97 Å². The molecule has 0 unspecified atom stereocenters. The van der Waals surface area contributed by atoms with Gasteiger partial charge in [-0.1, -0.05) is 60.7 Å². The van der Waals surface area contributed by atoms with Crippen molar-refractivity contribution in [1.29, 1.82) is 0 Å². The number of furan rings is 1. The number of rotatable bonds is 7. The number of ether oxygens (including phenoxy) is 2. The van der Waals surface area contributed by atoms with E-state index < -0.39 is 5.97 Å². The van der Waals surface area contributed by atoms with E-state index in [1.807, 2.05) is 60.7 Å². The molecule has 2 heterocycles. The Bertz CT molecular complexity index is 1240. The molecule has 0 amide bonds. The van der Waals surface area contributed by atoms with Crippen molar-refractivity contribution in [2.45, 2.75) is 37.9 Å². The second kappa shape index (κ2) is 9.42. The highest BCUT2D eigenvalue weighted by atomic mass is 16.5. The average molecular weight is 444 g/mol. The minimum Gasteiger partial charge on any atom is -0.480 e. The topological polar surface area (TPSA) is 94.7 Å². The molecule has 0 bridgehead atoms. The number of fused-ring (bicyclic) bond motifs is 1. The van der Waals surface area contributed by atoms with Gasteiger partial charge in [0.25, 0.3) is 0 Å². The van der Waals surface area contributed by atoms with E-state index in [2.05, 4.69) is 9.97 Å². The highest BCUT2D eigenvalue weighted by molar-refractivity contribution is 6.03. The Morgan fingerprint density at radius 1 is 0.970 bits per heavy atom. The van der Waals surface area contributed by atoms with Crippen molar-refractivity contribution >= 4 is 17.1 Å². The second-order valence-electron chi connectivity index (χ2n) is 8.13. The molecule has 4 aromatic rings. The van der Waals surface area contributed by atoms with Gasteiger partial charge in [0.2, 0.25) is 11.6 Å². The lowest BCUT2D eigenvalue weighted by Gasteiger charge is -2.29. The summed E-state index contributed by atoms with van der Waals surface area (Å²) in [6, 6.07) is 19.9. The number of hydrogen-bond donors (Lipinski definition) is 1. The molecule has 1 fully saturated rings. The Morgan fingerprint density at radius 2 is 1.67 bits per heavy atom. The predicted molar refractivity (Wildman–Crippen MR) is 123 cm³/mol. The summed E-state index contributed by atoms with van der Waals surface area (Å²) in [7, 11) is 0. The van der Waals surface area contributed by atoms with Gasteiger partial charge < -0.3 is 19.0 Å². The maximum atomic E-state index is 10.9. The molecule has 2 aromatic carbocycles. The van der Waals surface area contributed by atoms with Crippen LogP contribution in [0.4, 0.5) is 0 Å². The largest absolute Gasteiger partial charge is 0.480 e. The zero-order valence-corrected chi connectivity index (χ0v) is 18.0. The second-order valence-corrected chi connectivity index (χ2v) is 8.13. The summed E-state index contributed by atoms with van der Waals surface area (Å²) in [6.07, 6.45) is 4.36. The molecule has 7 heteroatoms. The number of carboxylic acid groups (broad SMARTS) is 1. The number of aromatic nitrogens is 2. The number of benzene rings is 2. The molecule has 1 N–H and O–H groups in total. The van der Waals surface area contributed by atoms with Crippen LogP contribution < -0.4 is 4.74 Å². The highest BCUT2D eigenvalue weighted by Crippen LogP contribution is 2.43. The summed E-state index contributed by atoms with van der Waals surface area (Å²) in [5, 5.41) is 9.65. The summed E-state index contributed by atoms with van der Waals surface area (Å²) in [6.45, 7) is -0.296. The van der Waals surface area contributed by atoms with Crippen LogP contribution in [-0.4, -0.2) is 39.9 Å². The van der Waals surface area contributed by atoms with Crippen molar-refractivity contribution in [2.75, 3.05) is 6.61 Å². The molecular weight excluding hydrogens is 420 g/mol. The van der Waals surface area contributed by atoms with Crippen LogP contribution in [0.3, 0.4) is 0 Å². The standard InChI is InChI=1S/C26H24N2O5/c29-21(30)15-31-19-12-7-13-20(14-19)32-25-23-22(17-8-3-1-4-9-17)24(18-10-5-2-6-11-18)33-26(23)28-16-27-25/h1-6,8-11,16,19-20H,7,12-15H2,(H,29,30)/t19-,20+/m1/s1. The molecule has 2 aromatic heterocycles. The molecule has 1 aliphatic rings. The van der Waals surface area contributed by atoms with Gasteiger partial charge in [-0.05, 0) is 24.8 Å². The van der Waals surface area contributed by atoms with Crippen LogP contribution in [0.2, 0.25) is 0 Å². The Morgan fingerprint density at radius 3 is 2.39 bits per heavy atom. The third-order valence-corrected chi connectivity index (χ3v) is 5.85. The van der Waals surface area contributed by atoms with Crippen LogP contribution in [0.25, 0.3) is 33.6 Å². The number of hydrogen-bond acceptors (Lipinski definition) is 6. The Labute approximate surface area is 191 Å². The van der Waals surface area contributed by atoms with E-state index in [1.54, 1.807) is 0 Å². The third kappa shape index (κ3) is 4.59. The fraction of sp³-hybridized carbons (Fsp3) is 0.269. The fourth-order valence-electron chi connectivity index (χ4n) is 4.38. The van der Waals surface area contributed by atoms with Gasteiger partial charge in [0.1, 0.15) is 30.2 Å². The van der Waals surface area contributed by atoms with E-state index in [1.165, 1.54) is 6.33 Å². The lowest BCUT2D eigenvalue weighted by Crippen LogP contribution is -2.31. The van der Waals surface area contributed by atoms with E-state index in [4.69, 9.17) is 19.0 Å². The van der Waals surface area contributed by atoms with Gasteiger partial charge in [-0.15, -0.1) is 0 Å². The molecule has 0 saturated heterocycles. The molecule has 168 valence electrons. The SMILES string of the molecule is O=C(O)CO[C@@H]1CCC[C@H](Oc2ncnc3oc(-c4ccccc4)c(-c4ccccc4)c23)C1. The zero-order valence-electron chi connectivity index (χ0n) is 18.0. The molecule has 0 radical (unpaired) electrons. The van der Waals surface area contributed by atoms with Gasteiger partial charge in [-0.3, -0.25) is 0 Å². The maximum Gasteiger partial charge on any atom is 0.329 e. The van der Waals surface area contributed by atoms with E-state index in [9.17, 15) is 4.79 Å².